The van der Waals surface area contributed by atoms with Crippen LogP contribution in [0.15, 0.2) is 83.7 Å². The molecule has 4 nitrogen and oxygen atoms in total. The lowest BCUT2D eigenvalue weighted by Crippen LogP contribution is -2.29. The Bertz CT molecular complexity index is 1080. The van der Waals surface area contributed by atoms with Gasteiger partial charge in [0.1, 0.15) is 0 Å². The van der Waals surface area contributed by atoms with E-state index in [1.54, 1.807) is 6.07 Å². The number of benzene rings is 3. The van der Waals surface area contributed by atoms with E-state index < -0.39 is 0 Å². The molecule has 3 aromatic carbocycles. The first-order valence-corrected chi connectivity index (χ1v) is 8.13. The van der Waals surface area contributed by atoms with Crippen LogP contribution in [-0.2, 0) is 0 Å². The zero-order valence-corrected chi connectivity index (χ0v) is 13.8. The van der Waals surface area contributed by atoms with Gasteiger partial charge in [0.25, 0.3) is 5.56 Å². The Hall–Kier alpha value is -3.40. The minimum atomic E-state index is -0.120. The van der Waals surface area contributed by atoms with Crippen LogP contribution in [0.25, 0.3) is 22.3 Å². The summed E-state index contributed by atoms with van der Waals surface area (Å²) in [6.07, 6.45) is 0. The Kier molecular flexibility index (Phi) is 3.78. The van der Waals surface area contributed by atoms with Crippen LogP contribution >= 0.6 is 0 Å². The van der Waals surface area contributed by atoms with E-state index in [-0.39, 0.29) is 5.56 Å². The molecule has 0 aliphatic heterocycles. The molecule has 0 atom stereocenters. The van der Waals surface area contributed by atoms with E-state index in [0.29, 0.717) is 16.7 Å². The molecular formula is C21H17N3O. The van der Waals surface area contributed by atoms with Crippen LogP contribution in [0.4, 0.5) is 5.69 Å². The average Bonchev–Trinajstić information content (AvgIpc) is 2.66. The Labute approximate surface area is 145 Å². The summed E-state index contributed by atoms with van der Waals surface area (Å²) < 4.78 is 1.52. The number of para-hydroxylation sites is 1. The number of nitrogens with one attached hydrogen (secondary N) is 1. The van der Waals surface area contributed by atoms with Gasteiger partial charge in [-0.05, 0) is 31.2 Å². The van der Waals surface area contributed by atoms with Crippen LogP contribution in [0.5, 0.6) is 0 Å². The van der Waals surface area contributed by atoms with Crippen molar-refractivity contribution >= 4 is 16.6 Å². The molecule has 0 unspecified atom stereocenters. The summed E-state index contributed by atoms with van der Waals surface area (Å²) in [5.74, 6) is 0.588. The molecule has 0 amide bonds. The van der Waals surface area contributed by atoms with Crippen molar-refractivity contribution in [3.63, 3.8) is 0 Å². The number of anilines is 1. The first-order chi connectivity index (χ1) is 12.2. The molecule has 4 rings (SSSR count). The van der Waals surface area contributed by atoms with Crippen molar-refractivity contribution in [3.8, 4) is 11.4 Å². The van der Waals surface area contributed by atoms with Crippen LogP contribution < -0.4 is 11.0 Å². The molecule has 0 radical (unpaired) electrons. The summed E-state index contributed by atoms with van der Waals surface area (Å²) >= 11 is 0. The third kappa shape index (κ3) is 2.90. The van der Waals surface area contributed by atoms with Gasteiger partial charge in [0.2, 0.25) is 0 Å². The quantitative estimate of drug-likeness (QED) is 0.612. The fourth-order valence-electron chi connectivity index (χ4n) is 2.77. The van der Waals surface area contributed by atoms with Gasteiger partial charge >= 0.3 is 0 Å². The smallest absolute Gasteiger partial charge is 0.280 e. The van der Waals surface area contributed by atoms with E-state index in [9.17, 15) is 4.79 Å². The molecule has 4 heteroatoms. The molecule has 0 bridgehead atoms. The molecule has 1 heterocycles. The highest BCUT2D eigenvalue weighted by Crippen LogP contribution is 2.19. The molecule has 0 aliphatic carbocycles. The van der Waals surface area contributed by atoms with E-state index in [1.165, 1.54) is 4.68 Å². The van der Waals surface area contributed by atoms with E-state index in [1.807, 2.05) is 79.7 Å². The summed E-state index contributed by atoms with van der Waals surface area (Å²) in [6, 6.07) is 25.0. The molecule has 122 valence electrons. The summed E-state index contributed by atoms with van der Waals surface area (Å²) in [6.45, 7) is 2.03. The molecular weight excluding hydrogens is 310 g/mol. The minimum absolute atomic E-state index is 0.120. The minimum Gasteiger partial charge on any atom is -0.290 e. The summed E-state index contributed by atoms with van der Waals surface area (Å²) in [5, 5.41) is 0.585. The van der Waals surface area contributed by atoms with Crippen LogP contribution in [0.3, 0.4) is 0 Å². The van der Waals surface area contributed by atoms with E-state index in [4.69, 9.17) is 4.98 Å². The molecule has 0 aliphatic rings. The van der Waals surface area contributed by atoms with Gasteiger partial charge in [0, 0.05) is 5.56 Å². The second-order valence-corrected chi connectivity index (χ2v) is 5.94. The van der Waals surface area contributed by atoms with Crippen LogP contribution in [-0.4, -0.2) is 9.66 Å². The zero-order chi connectivity index (χ0) is 17.2. The van der Waals surface area contributed by atoms with Crippen molar-refractivity contribution in [2.24, 2.45) is 0 Å². The van der Waals surface area contributed by atoms with Gasteiger partial charge in [-0.25, -0.2) is 9.66 Å². The molecule has 1 N–H and O–H groups in total. The first-order valence-electron chi connectivity index (χ1n) is 8.13. The number of aromatic nitrogens is 2. The first kappa shape index (κ1) is 15.1. The Morgan fingerprint density at radius 1 is 0.840 bits per heavy atom. The summed E-state index contributed by atoms with van der Waals surface area (Å²) in [7, 11) is 0. The molecule has 25 heavy (non-hydrogen) atoms. The highest BCUT2D eigenvalue weighted by molar-refractivity contribution is 5.80. The second-order valence-electron chi connectivity index (χ2n) is 5.94. The summed E-state index contributed by atoms with van der Waals surface area (Å²) in [5.41, 5.74) is 6.65. The zero-order valence-electron chi connectivity index (χ0n) is 13.8. The average molecular weight is 327 g/mol. The SMILES string of the molecule is Cc1ccc(Nn2c(-c3ccccc3)nc3ccccc3c2=O)cc1. The number of hydrogen-bond acceptors (Lipinski definition) is 3. The number of fused-ring (bicyclic) bond motifs is 1. The van der Waals surface area contributed by atoms with E-state index in [2.05, 4.69) is 5.43 Å². The number of nitrogens with zero attached hydrogens (tertiary/aromatic N) is 2. The second kappa shape index (κ2) is 6.24. The van der Waals surface area contributed by atoms with Crippen molar-refractivity contribution in [1.29, 1.82) is 0 Å². The predicted octanol–water partition coefficient (Wildman–Crippen LogP) is 4.25. The fraction of sp³-hybridized carbons (Fsp3) is 0.0476. The van der Waals surface area contributed by atoms with Crippen molar-refractivity contribution in [2.45, 2.75) is 6.92 Å². The van der Waals surface area contributed by atoms with Crippen LogP contribution in [0.1, 0.15) is 5.56 Å². The molecule has 4 aromatic rings. The lowest BCUT2D eigenvalue weighted by molar-refractivity contribution is 0.892. The largest absolute Gasteiger partial charge is 0.290 e. The van der Waals surface area contributed by atoms with E-state index in [0.717, 1.165) is 16.8 Å². The lowest BCUT2D eigenvalue weighted by Gasteiger charge is -2.15. The van der Waals surface area contributed by atoms with Gasteiger partial charge in [0.15, 0.2) is 5.82 Å². The molecule has 0 saturated heterocycles. The Balaban J connectivity index is 1.95. The third-order valence-electron chi connectivity index (χ3n) is 4.10. The van der Waals surface area contributed by atoms with Crippen molar-refractivity contribution in [2.75, 3.05) is 5.43 Å². The predicted molar refractivity (Wildman–Crippen MR) is 102 cm³/mol. The van der Waals surface area contributed by atoms with Gasteiger partial charge < -0.3 is 0 Å². The third-order valence-corrected chi connectivity index (χ3v) is 4.10. The molecule has 1 aromatic heterocycles. The Morgan fingerprint density at radius 3 is 2.28 bits per heavy atom. The monoisotopic (exact) mass is 327 g/mol. The lowest BCUT2D eigenvalue weighted by atomic mass is 10.2. The molecule has 0 spiro atoms. The van der Waals surface area contributed by atoms with Gasteiger partial charge in [-0.15, -0.1) is 0 Å². The normalized spacial score (nSPS) is 10.8. The maximum atomic E-state index is 13.1. The maximum Gasteiger partial charge on any atom is 0.280 e. The topological polar surface area (TPSA) is 46.9 Å². The van der Waals surface area contributed by atoms with Crippen LogP contribution in [0.2, 0.25) is 0 Å². The maximum absolute atomic E-state index is 13.1. The van der Waals surface area contributed by atoms with Crippen molar-refractivity contribution in [1.82, 2.24) is 9.66 Å². The fourth-order valence-corrected chi connectivity index (χ4v) is 2.77. The van der Waals surface area contributed by atoms with Gasteiger partial charge in [-0.2, -0.15) is 0 Å². The van der Waals surface area contributed by atoms with Gasteiger partial charge in [-0.3, -0.25) is 10.2 Å². The van der Waals surface area contributed by atoms with Crippen molar-refractivity contribution in [3.05, 3.63) is 94.8 Å². The number of rotatable bonds is 3. The summed E-state index contributed by atoms with van der Waals surface area (Å²) in [4.78, 5) is 17.8. The molecule has 0 fully saturated rings. The van der Waals surface area contributed by atoms with Crippen LogP contribution in [0, 0.1) is 6.92 Å². The Morgan fingerprint density at radius 2 is 1.52 bits per heavy atom. The van der Waals surface area contributed by atoms with Crippen molar-refractivity contribution < 1.29 is 0 Å². The highest BCUT2D eigenvalue weighted by Gasteiger charge is 2.12. The van der Waals surface area contributed by atoms with Gasteiger partial charge in [-0.1, -0.05) is 60.2 Å². The molecule has 0 saturated carbocycles. The van der Waals surface area contributed by atoms with E-state index >= 15 is 0 Å². The van der Waals surface area contributed by atoms with Gasteiger partial charge in [0.05, 0.1) is 16.6 Å². The highest BCUT2D eigenvalue weighted by atomic mass is 16.1. The number of hydrogen-bond donors (Lipinski definition) is 1. The number of aryl methyl sites for hydroxylation is 1. The standard InChI is InChI=1S/C21H17N3O/c1-15-11-13-17(14-12-15)23-24-20(16-7-3-2-4-8-16)22-19-10-6-5-9-18(19)21(24)25/h2-14,23H,1H3.